The molecule has 0 saturated heterocycles. The lowest BCUT2D eigenvalue weighted by Crippen LogP contribution is -2.32. The highest BCUT2D eigenvalue weighted by Gasteiger charge is 2.15. The summed E-state index contributed by atoms with van der Waals surface area (Å²) in [6, 6.07) is 4.06. The van der Waals surface area contributed by atoms with Crippen molar-refractivity contribution in [2.75, 3.05) is 40.3 Å². The van der Waals surface area contributed by atoms with Crippen molar-refractivity contribution in [3.8, 4) is 11.5 Å². The third-order valence-corrected chi connectivity index (χ3v) is 3.18. The maximum atomic E-state index is 12.1. The fraction of sp³-hybridized carbons (Fsp3) is 0.533. The number of hydrogen-bond acceptors (Lipinski definition) is 5. The number of nitrogens with zero attached hydrogens (tertiary/aromatic N) is 2. The first-order chi connectivity index (χ1) is 9.43. The summed E-state index contributed by atoms with van der Waals surface area (Å²) in [5.74, 6) is -0.342. The Hall–Kier alpha value is -1.59. The van der Waals surface area contributed by atoms with Gasteiger partial charge in [0.2, 0.25) is 0 Å². The van der Waals surface area contributed by atoms with Gasteiger partial charge in [-0.1, -0.05) is 6.92 Å². The number of benzene rings is 1. The number of carbonyl (C=O) groups is 1. The highest BCUT2D eigenvalue weighted by atomic mass is 16.3. The van der Waals surface area contributed by atoms with Gasteiger partial charge in [0.1, 0.15) is 11.5 Å². The fourth-order valence-corrected chi connectivity index (χ4v) is 2.00. The molecule has 20 heavy (non-hydrogen) atoms. The van der Waals surface area contributed by atoms with Crippen LogP contribution in [0.15, 0.2) is 18.2 Å². The van der Waals surface area contributed by atoms with Crippen LogP contribution in [0.3, 0.4) is 0 Å². The van der Waals surface area contributed by atoms with Crippen LogP contribution in [0.4, 0.5) is 0 Å². The van der Waals surface area contributed by atoms with Crippen LogP contribution in [0.2, 0.25) is 0 Å². The minimum absolute atomic E-state index is 0.0441. The van der Waals surface area contributed by atoms with Gasteiger partial charge in [0.15, 0.2) is 5.78 Å². The molecule has 0 saturated carbocycles. The number of likely N-dealkylation sites (N-methyl/N-ethyl adjacent to an activating group) is 1. The number of rotatable bonds is 8. The van der Waals surface area contributed by atoms with E-state index in [9.17, 15) is 15.0 Å². The quantitative estimate of drug-likeness (QED) is 0.707. The Kier molecular flexibility index (Phi) is 6.48. The maximum absolute atomic E-state index is 12.1. The summed E-state index contributed by atoms with van der Waals surface area (Å²) in [5.41, 5.74) is 0.258. The average Bonchev–Trinajstić information content (AvgIpc) is 2.36. The SMILES string of the molecule is CCN(CCCN(C)C)CC(=O)c1ccc(O)cc1O. The Balaban J connectivity index is 2.58. The molecule has 0 aliphatic heterocycles. The molecule has 2 N–H and O–H groups in total. The predicted octanol–water partition coefficient (Wildman–Crippen LogP) is 1.55. The van der Waals surface area contributed by atoms with Crippen LogP contribution < -0.4 is 0 Å². The smallest absolute Gasteiger partial charge is 0.180 e. The number of aromatic hydroxyl groups is 2. The van der Waals surface area contributed by atoms with Crippen molar-refractivity contribution in [1.82, 2.24) is 9.80 Å². The summed E-state index contributed by atoms with van der Waals surface area (Å²) in [7, 11) is 4.05. The van der Waals surface area contributed by atoms with Crippen LogP contribution in [-0.4, -0.2) is 66.1 Å². The number of phenols is 2. The van der Waals surface area contributed by atoms with E-state index in [4.69, 9.17) is 0 Å². The van der Waals surface area contributed by atoms with E-state index in [0.717, 1.165) is 26.1 Å². The summed E-state index contributed by atoms with van der Waals surface area (Å²) >= 11 is 0. The van der Waals surface area contributed by atoms with Crippen LogP contribution in [0.5, 0.6) is 11.5 Å². The molecule has 1 rings (SSSR count). The van der Waals surface area contributed by atoms with E-state index in [2.05, 4.69) is 9.80 Å². The van der Waals surface area contributed by atoms with Crippen LogP contribution in [0.1, 0.15) is 23.7 Å². The van der Waals surface area contributed by atoms with Gasteiger partial charge in [-0.15, -0.1) is 0 Å². The third kappa shape index (κ3) is 5.19. The Morgan fingerprint density at radius 2 is 1.90 bits per heavy atom. The number of carbonyl (C=O) groups excluding carboxylic acids is 1. The molecule has 1 aromatic rings. The fourth-order valence-electron chi connectivity index (χ4n) is 2.00. The number of phenolic OH excluding ortho intramolecular Hbond substituents is 2. The molecule has 0 aliphatic carbocycles. The molecule has 0 aliphatic rings. The van der Waals surface area contributed by atoms with Crippen LogP contribution in [0.25, 0.3) is 0 Å². The van der Waals surface area contributed by atoms with Crippen LogP contribution in [-0.2, 0) is 0 Å². The summed E-state index contributed by atoms with van der Waals surface area (Å²) < 4.78 is 0. The summed E-state index contributed by atoms with van der Waals surface area (Å²) in [4.78, 5) is 16.3. The molecule has 0 aromatic heterocycles. The molecule has 0 fully saturated rings. The van der Waals surface area contributed by atoms with Crippen molar-refractivity contribution in [3.05, 3.63) is 23.8 Å². The van der Waals surface area contributed by atoms with Crippen LogP contribution >= 0.6 is 0 Å². The second-order valence-electron chi connectivity index (χ2n) is 5.15. The Bertz CT molecular complexity index is 447. The highest BCUT2D eigenvalue weighted by Crippen LogP contribution is 2.23. The van der Waals surface area contributed by atoms with E-state index in [1.807, 2.05) is 21.0 Å². The van der Waals surface area contributed by atoms with Gasteiger partial charge in [0.25, 0.3) is 0 Å². The lowest BCUT2D eigenvalue weighted by molar-refractivity contribution is 0.0929. The van der Waals surface area contributed by atoms with Gasteiger partial charge in [0.05, 0.1) is 12.1 Å². The minimum Gasteiger partial charge on any atom is -0.508 e. The lowest BCUT2D eigenvalue weighted by atomic mass is 10.1. The van der Waals surface area contributed by atoms with E-state index in [1.165, 1.54) is 18.2 Å². The molecule has 0 heterocycles. The Labute approximate surface area is 120 Å². The van der Waals surface area contributed by atoms with E-state index < -0.39 is 0 Å². The molecule has 5 heteroatoms. The van der Waals surface area contributed by atoms with Crippen molar-refractivity contribution in [3.63, 3.8) is 0 Å². The molecule has 0 bridgehead atoms. The van der Waals surface area contributed by atoms with Crippen molar-refractivity contribution < 1.29 is 15.0 Å². The predicted molar refractivity (Wildman–Crippen MR) is 79.4 cm³/mol. The Morgan fingerprint density at radius 3 is 2.45 bits per heavy atom. The van der Waals surface area contributed by atoms with Gasteiger partial charge in [0, 0.05) is 6.07 Å². The van der Waals surface area contributed by atoms with Gasteiger partial charge in [-0.2, -0.15) is 0 Å². The zero-order chi connectivity index (χ0) is 15.1. The van der Waals surface area contributed by atoms with E-state index in [-0.39, 0.29) is 29.4 Å². The average molecular weight is 280 g/mol. The second kappa shape index (κ2) is 7.87. The first kappa shape index (κ1) is 16.5. The number of Topliss-reactive ketones (excluding diaryl/α,β-unsaturated/α-hetero) is 1. The second-order valence-corrected chi connectivity index (χ2v) is 5.15. The topological polar surface area (TPSA) is 64.0 Å². The molecule has 1 aromatic carbocycles. The third-order valence-electron chi connectivity index (χ3n) is 3.18. The molecular formula is C15H24N2O3. The molecule has 0 amide bonds. The molecule has 0 atom stereocenters. The standard InChI is InChI=1S/C15H24N2O3/c1-4-17(9-5-8-16(2)3)11-15(20)13-7-6-12(18)10-14(13)19/h6-7,10,18-19H,4-5,8-9,11H2,1-3H3. The summed E-state index contributed by atoms with van der Waals surface area (Å²) in [5, 5.41) is 18.9. The van der Waals surface area contributed by atoms with E-state index in [1.54, 1.807) is 0 Å². The van der Waals surface area contributed by atoms with Gasteiger partial charge in [-0.3, -0.25) is 9.69 Å². The van der Waals surface area contributed by atoms with E-state index >= 15 is 0 Å². The molecular weight excluding hydrogens is 256 g/mol. The number of ketones is 1. The Morgan fingerprint density at radius 1 is 1.20 bits per heavy atom. The van der Waals surface area contributed by atoms with Crippen molar-refractivity contribution in [1.29, 1.82) is 0 Å². The highest BCUT2D eigenvalue weighted by molar-refractivity contribution is 6.00. The van der Waals surface area contributed by atoms with Crippen molar-refractivity contribution >= 4 is 5.78 Å². The molecule has 0 unspecified atom stereocenters. The van der Waals surface area contributed by atoms with Crippen LogP contribution in [0, 0.1) is 0 Å². The lowest BCUT2D eigenvalue weighted by Gasteiger charge is -2.20. The molecule has 0 radical (unpaired) electrons. The zero-order valence-corrected chi connectivity index (χ0v) is 12.5. The normalized spacial score (nSPS) is 11.2. The van der Waals surface area contributed by atoms with Gasteiger partial charge in [-0.05, 0) is 52.3 Å². The maximum Gasteiger partial charge on any atom is 0.180 e. The van der Waals surface area contributed by atoms with Gasteiger partial charge >= 0.3 is 0 Å². The van der Waals surface area contributed by atoms with Gasteiger partial charge in [-0.25, -0.2) is 0 Å². The first-order valence-corrected chi connectivity index (χ1v) is 6.86. The van der Waals surface area contributed by atoms with E-state index in [0.29, 0.717) is 0 Å². The largest absolute Gasteiger partial charge is 0.508 e. The number of hydrogen-bond donors (Lipinski definition) is 2. The first-order valence-electron chi connectivity index (χ1n) is 6.86. The monoisotopic (exact) mass is 280 g/mol. The van der Waals surface area contributed by atoms with Crippen molar-refractivity contribution in [2.24, 2.45) is 0 Å². The zero-order valence-electron chi connectivity index (χ0n) is 12.5. The summed E-state index contributed by atoms with van der Waals surface area (Å²) in [6.45, 7) is 4.91. The minimum atomic E-state index is -0.167. The molecule has 112 valence electrons. The van der Waals surface area contributed by atoms with Gasteiger partial charge < -0.3 is 15.1 Å². The van der Waals surface area contributed by atoms with Crippen molar-refractivity contribution in [2.45, 2.75) is 13.3 Å². The molecule has 0 spiro atoms. The molecule has 5 nitrogen and oxygen atoms in total. The summed E-state index contributed by atoms with van der Waals surface area (Å²) in [6.07, 6.45) is 0.996.